The van der Waals surface area contributed by atoms with Crippen molar-refractivity contribution in [3.63, 3.8) is 0 Å². The smallest absolute Gasteiger partial charge is 0.431 e. The number of hydrogen-bond acceptors (Lipinski definition) is 10. The third-order valence-corrected chi connectivity index (χ3v) is 13.3. The summed E-state index contributed by atoms with van der Waals surface area (Å²) < 4.78 is 162. The van der Waals surface area contributed by atoms with Gasteiger partial charge in [0, 0.05) is 52.5 Å². The predicted octanol–water partition coefficient (Wildman–Crippen LogP) is 9.38. The standard InChI is InChI=1S/C44H44ClF10N7O5S2/c1-21-18-42(48,49)38(33(21)37(56)44(53,54)55)57-19-32(64)59-31(16-24-14-25(46)17-26(47)15-24)35-28(9-8-27(58-35)12-13-41(4,5)69(7)66)29-10-11-30(45)34-36(29)61(20-43(50,51)52)60-39(34)62(68-6)40(65)67-23(3)22(2)63/h8-11,14-15,17,21-23,31,63H,16,18-20,56H2,1-7H3,(H,59,64)/t21-,22?,23?,31?,69?/m0/s1. The van der Waals surface area contributed by atoms with Crippen LogP contribution >= 0.6 is 23.5 Å². The molecule has 2 aromatic carbocycles. The van der Waals surface area contributed by atoms with E-state index in [0.717, 1.165) is 23.4 Å². The van der Waals surface area contributed by atoms with Crippen LogP contribution in [0.15, 0.2) is 58.7 Å². The summed E-state index contributed by atoms with van der Waals surface area (Å²) in [5, 5.41) is 16.2. The number of nitrogens with zero attached hydrogens (tertiary/aromatic N) is 5. The largest absolute Gasteiger partial charge is 0.443 e. The van der Waals surface area contributed by atoms with Gasteiger partial charge in [-0.3, -0.25) is 18.7 Å². The highest BCUT2D eigenvalue weighted by molar-refractivity contribution is 8.00. The quantitative estimate of drug-likeness (QED) is 0.0673. The van der Waals surface area contributed by atoms with Crippen molar-refractivity contribution in [3.05, 3.63) is 87.3 Å². The van der Waals surface area contributed by atoms with E-state index < -0.39 is 130 Å². The first-order chi connectivity index (χ1) is 31.8. The van der Waals surface area contributed by atoms with Gasteiger partial charge in [-0.05, 0) is 93.8 Å². The summed E-state index contributed by atoms with van der Waals surface area (Å²) >= 11 is 7.36. The highest BCUT2D eigenvalue weighted by Gasteiger charge is 2.52. The number of benzene rings is 2. The molecular formula is C44H44ClF10N7O5S2. The number of anilines is 1. The van der Waals surface area contributed by atoms with Crippen molar-refractivity contribution < 1.29 is 67.5 Å². The number of amides is 2. The number of nitrogens with one attached hydrogen (secondary N) is 1. The first-order valence-electron chi connectivity index (χ1n) is 20.5. The van der Waals surface area contributed by atoms with Gasteiger partial charge in [0.1, 0.15) is 52.7 Å². The van der Waals surface area contributed by atoms with Crippen LogP contribution in [0.2, 0.25) is 5.02 Å². The van der Waals surface area contributed by atoms with Gasteiger partial charge in [0.2, 0.25) is 5.91 Å². The number of aliphatic hydroxyl groups is 1. The molecule has 0 spiro atoms. The van der Waals surface area contributed by atoms with Gasteiger partial charge >= 0.3 is 18.4 Å². The van der Waals surface area contributed by atoms with Crippen LogP contribution in [-0.2, 0) is 33.3 Å². The molecule has 5 atom stereocenters. The summed E-state index contributed by atoms with van der Waals surface area (Å²) in [6.45, 7) is 3.82. The normalized spacial score (nSPS) is 18.3. The van der Waals surface area contributed by atoms with E-state index in [2.05, 4.69) is 32.2 Å². The van der Waals surface area contributed by atoms with Crippen molar-refractivity contribution in [1.29, 1.82) is 0 Å². The summed E-state index contributed by atoms with van der Waals surface area (Å²) in [6.07, 6.45) is -12.6. The number of aliphatic imine (C=N–C) groups is 1. The Hall–Kier alpha value is -5.38. The minimum Gasteiger partial charge on any atom is -0.443 e. The van der Waals surface area contributed by atoms with Crippen molar-refractivity contribution in [2.24, 2.45) is 16.6 Å². The molecular weight excluding hydrogens is 996 g/mol. The Labute approximate surface area is 400 Å². The second-order valence-electron chi connectivity index (χ2n) is 16.5. The van der Waals surface area contributed by atoms with Gasteiger partial charge in [-0.1, -0.05) is 30.5 Å². The van der Waals surface area contributed by atoms with E-state index in [1.54, 1.807) is 13.8 Å². The van der Waals surface area contributed by atoms with Crippen molar-refractivity contribution >= 4 is 68.8 Å². The van der Waals surface area contributed by atoms with Gasteiger partial charge in [0.25, 0.3) is 5.92 Å². The molecule has 0 bridgehead atoms. The van der Waals surface area contributed by atoms with E-state index in [9.17, 15) is 54.0 Å². The van der Waals surface area contributed by atoms with Crippen molar-refractivity contribution in [2.75, 3.05) is 23.4 Å². The fraction of sp³-hybridized carbons (Fsp3) is 0.432. The molecule has 12 nitrogen and oxygen atoms in total. The zero-order valence-electron chi connectivity index (χ0n) is 37.5. The Balaban J connectivity index is 1.82. The number of nitrogens with two attached hydrogens (primary N) is 1. The number of ether oxygens (including phenoxy) is 1. The Kier molecular flexibility index (Phi) is 16.5. The second-order valence-corrected chi connectivity index (χ2v) is 19.5. The van der Waals surface area contributed by atoms with E-state index >= 15 is 8.78 Å². The molecule has 2 aromatic heterocycles. The first kappa shape index (κ1) is 54.6. The van der Waals surface area contributed by atoms with E-state index in [4.69, 9.17) is 22.1 Å². The Bertz CT molecular complexity index is 2770. The fourth-order valence-corrected chi connectivity index (χ4v) is 8.04. The molecule has 1 saturated carbocycles. The molecule has 0 radical (unpaired) electrons. The number of allylic oxidation sites excluding steroid dienone is 2. The molecule has 25 heteroatoms. The lowest BCUT2D eigenvalue weighted by Gasteiger charge is -2.23. The van der Waals surface area contributed by atoms with Gasteiger partial charge in [0.05, 0.1) is 33.8 Å². The molecule has 0 aliphatic heterocycles. The number of alkyl halides is 8. The molecule has 69 heavy (non-hydrogen) atoms. The second kappa shape index (κ2) is 20.9. The number of carbonyl (C=O) groups excluding carboxylic acids is 2. The molecule has 5 rings (SSSR count). The molecule has 4 unspecified atom stereocenters. The minimum absolute atomic E-state index is 0.104. The number of rotatable bonds is 13. The molecule has 4 N–H and O–H groups in total. The summed E-state index contributed by atoms with van der Waals surface area (Å²) in [5.41, 5.74) is -0.166. The zero-order valence-corrected chi connectivity index (χ0v) is 39.9. The molecule has 1 aliphatic carbocycles. The van der Waals surface area contributed by atoms with Crippen molar-refractivity contribution in [1.82, 2.24) is 20.1 Å². The van der Waals surface area contributed by atoms with Gasteiger partial charge in [-0.2, -0.15) is 44.5 Å². The summed E-state index contributed by atoms with van der Waals surface area (Å²) in [5.74, 6) is -3.67. The number of pyridine rings is 1. The molecule has 374 valence electrons. The van der Waals surface area contributed by atoms with Crippen LogP contribution in [-0.4, -0.2) is 96.1 Å². The highest BCUT2D eigenvalue weighted by Crippen LogP contribution is 2.45. The number of aromatic nitrogens is 3. The van der Waals surface area contributed by atoms with Crippen LogP contribution < -0.4 is 15.4 Å². The van der Waals surface area contributed by atoms with Crippen LogP contribution in [0.5, 0.6) is 0 Å². The van der Waals surface area contributed by atoms with E-state index in [0.29, 0.717) is 22.7 Å². The maximum absolute atomic E-state index is 15.2. The predicted molar refractivity (Wildman–Crippen MR) is 242 cm³/mol. The van der Waals surface area contributed by atoms with Crippen molar-refractivity contribution in [2.45, 2.75) is 95.3 Å². The molecule has 2 amide bonds. The average molecular weight is 1040 g/mol. The molecule has 0 saturated heterocycles. The number of hydrogen-bond donors (Lipinski definition) is 3. The van der Waals surface area contributed by atoms with E-state index in [1.807, 2.05) is 0 Å². The number of fused-ring (bicyclic) bond motifs is 1. The van der Waals surface area contributed by atoms with E-state index in [1.165, 1.54) is 50.6 Å². The Morgan fingerprint density at radius 2 is 1.72 bits per heavy atom. The average Bonchev–Trinajstić information content (AvgIpc) is 3.69. The van der Waals surface area contributed by atoms with Gasteiger partial charge in [-0.25, -0.2) is 18.6 Å². The fourth-order valence-electron chi connectivity index (χ4n) is 7.11. The summed E-state index contributed by atoms with van der Waals surface area (Å²) in [4.78, 5) is 35.6. The van der Waals surface area contributed by atoms with Crippen LogP contribution in [0.3, 0.4) is 0 Å². The lowest BCUT2D eigenvalue weighted by atomic mass is 9.93. The van der Waals surface area contributed by atoms with Gasteiger partial charge < -0.3 is 20.9 Å². The third kappa shape index (κ3) is 12.9. The Morgan fingerprint density at radius 1 is 1.10 bits per heavy atom. The van der Waals surface area contributed by atoms with Crippen molar-refractivity contribution in [3.8, 4) is 23.0 Å². The number of aliphatic hydroxyl groups excluding tert-OH is 1. The van der Waals surface area contributed by atoms with Gasteiger partial charge in [-0.15, -0.1) is 0 Å². The maximum Gasteiger partial charge on any atom is 0.431 e. The topological polar surface area (TPSA) is 165 Å². The monoisotopic (exact) mass is 1040 g/mol. The van der Waals surface area contributed by atoms with Crippen LogP contribution in [0.25, 0.3) is 22.0 Å². The lowest BCUT2D eigenvalue weighted by Crippen LogP contribution is -2.34. The molecule has 4 aromatic rings. The number of carbonyl (C=O) groups is 2. The minimum atomic E-state index is -5.24. The molecule has 2 heterocycles. The van der Waals surface area contributed by atoms with Gasteiger partial charge in [0.15, 0.2) is 5.82 Å². The highest BCUT2D eigenvalue weighted by atomic mass is 35.5. The molecule has 1 aliphatic rings. The Morgan fingerprint density at radius 3 is 2.29 bits per heavy atom. The van der Waals surface area contributed by atoms with Crippen LogP contribution in [0.4, 0.5) is 54.5 Å². The third-order valence-electron chi connectivity index (χ3n) is 10.7. The lowest BCUT2D eigenvalue weighted by molar-refractivity contribution is -0.141. The summed E-state index contributed by atoms with van der Waals surface area (Å²) in [6, 6.07) is 5.77. The zero-order chi connectivity index (χ0) is 51.7. The van der Waals surface area contributed by atoms with Crippen LogP contribution in [0.1, 0.15) is 64.0 Å². The first-order valence-corrected chi connectivity index (χ1v) is 23.6. The SMILES string of the molecule is CSN(C(=O)OC(C)C(C)O)c1nn(CC(F)(F)F)c2c(-c3ccc(C#CC(C)(C)S(C)=O)nc3C(Cc3cc(F)cc(F)c3)NC(=O)CN=C3C(=C(N)C(F)(F)F)[C@@H](C)CC3(F)F)ccc(Cl)c12. The van der Waals surface area contributed by atoms with Crippen LogP contribution in [0, 0.1) is 29.4 Å². The maximum atomic E-state index is 15.2. The van der Waals surface area contributed by atoms with E-state index in [-0.39, 0.29) is 44.0 Å². The number of halogens is 11. The summed E-state index contributed by atoms with van der Waals surface area (Å²) in [7, 11) is -1.53. The molecule has 1 fully saturated rings.